The van der Waals surface area contributed by atoms with Crippen LogP contribution in [0.15, 0.2) is 66.2 Å². The molecule has 0 radical (unpaired) electrons. The minimum Gasteiger partial charge on any atom is -0.294 e. The van der Waals surface area contributed by atoms with Gasteiger partial charge in [-0.1, -0.05) is 67.6 Å². The highest BCUT2D eigenvalue weighted by Gasteiger charge is 2.16. The van der Waals surface area contributed by atoms with Gasteiger partial charge < -0.3 is 0 Å². The first-order chi connectivity index (χ1) is 9.18. The van der Waals surface area contributed by atoms with E-state index in [-0.39, 0.29) is 11.7 Å². The number of Topliss-reactive ketones (excluding diaryl/α,β-unsaturated/α-hetero) is 1. The Morgan fingerprint density at radius 1 is 0.947 bits per heavy atom. The molecule has 0 spiro atoms. The molecule has 96 valence electrons. The number of hydrogen-bond acceptors (Lipinski definition) is 1. The quantitative estimate of drug-likeness (QED) is 0.732. The van der Waals surface area contributed by atoms with Gasteiger partial charge in [0.1, 0.15) is 0 Å². The van der Waals surface area contributed by atoms with Crippen LogP contribution < -0.4 is 0 Å². The van der Waals surface area contributed by atoms with Gasteiger partial charge in [0.25, 0.3) is 0 Å². The van der Waals surface area contributed by atoms with Crippen molar-refractivity contribution in [3.05, 3.63) is 77.4 Å². The topological polar surface area (TPSA) is 17.1 Å². The van der Waals surface area contributed by atoms with Crippen molar-refractivity contribution in [3.63, 3.8) is 0 Å². The van der Waals surface area contributed by atoms with Crippen molar-refractivity contribution in [1.29, 1.82) is 0 Å². The number of ketones is 1. The first kappa shape index (κ1) is 13.3. The van der Waals surface area contributed by atoms with E-state index in [2.05, 4.69) is 0 Å². The Balaban J connectivity index is 2.18. The normalized spacial score (nSPS) is 13.1. The molecule has 2 aromatic carbocycles. The Kier molecular flexibility index (Phi) is 4.30. The van der Waals surface area contributed by atoms with Crippen LogP contribution in [0.3, 0.4) is 0 Å². The van der Waals surface area contributed by atoms with Crippen LogP contribution in [0.25, 0.3) is 6.08 Å². The number of allylic oxidation sites excluding steroid dienone is 1. The van der Waals surface area contributed by atoms with Gasteiger partial charge in [0, 0.05) is 5.92 Å². The summed E-state index contributed by atoms with van der Waals surface area (Å²) in [5.41, 5.74) is 2.92. The fraction of sp³-hybridized carbons (Fsp3) is 0.167. The van der Waals surface area contributed by atoms with E-state index in [1.807, 2.05) is 80.6 Å². The first-order valence-corrected chi connectivity index (χ1v) is 6.51. The number of carbonyl (C=O) groups excluding carboxylic acids is 1. The molecule has 2 rings (SSSR count). The van der Waals surface area contributed by atoms with E-state index in [0.717, 1.165) is 16.7 Å². The van der Waals surface area contributed by atoms with Crippen LogP contribution in [-0.2, 0) is 4.79 Å². The summed E-state index contributed by atoms with van der Waals surface area (Å²) in [6, 6.07) is 19.8. The van der Waals surface area contributed by atoms with Crippen molar-refractivity contribution in [2.75, 3.05) is 0 Å². The van der Waals surface area contributed by atoms with Crippen LogP contribution in [0.2, 0.25) is 0 Å². The van der Waals surface area contributed by atoms with Gasteiger partial charge in [0.05, 0.1) is 0 Å². The summed E-state index contributed by atoms with van der Waals surface area (Å²) in [6.45, 7) is 3.84. The third kappa shape index (κ3) is 3.41. The highest BCUT2D eigenvalue weighted by molar-refractivity contribution is 6.03. The van der Waals surface area contributed by atoms with Crippen molar-refractivity contribution < 1.29 is 4.79 Å². The third-order valence-corrected chi connectivity index (χ3v) is 3.26. The molecule has 0 amide bonds. The van der Waals surface area contributed by atoms with E-state index in [0.29, 0.717) is 0 Å². The molecule has 0 aromatic heterocycles. The molecule has 0 saturated carbocycles. The molecule has 1 nitrogen and oxygen atoms in total. The average molecular weight is 250 g/mol. The van der Waals surface area contributed by atoms with Gasteiger partial charge in [-0.2, -0.15) is 0 Å². The van der Waals surface area contributed by atoms with Gasteiger partial charge in [0.15, 0.2) is 5.78 Å². The molecule has 0 fully saturated rings. The summed E-state index contributed by atoms with van der Waals surface area (Å²) in [6.07, 6.45) is 1.95. The van der Waals surface area contributed by atoms with Gasteiger partial charge in [-0.05, 0) is 29.7 Å². The van der Waals surface area contributed by atoms with Crippen LogP contribution >= 0.6 is 0 Å². The third-order valence-electron chi connectivity index (χ3n) is 3.26. The Bertz CT molecular complexity index is 567. The number of rotatable bonds is 4. The second-order valence-corrected chi connectivity index (χ2v) is 4.73. The Hall–Kier alpha value is -2.15. The van der Waals surface area contributed by atoms with Crippen LogP contribution in [-0.4, -0.2) is 5.78 Å². The van der Waals surface area contributed by atoms with Crippen molar-refractivity contribution in [1.82, 2.24) is 0 Å². The lowest BCUT2D eigenvalue weighted by Gasteiger charge is -2.11. The lowest BCUT2D eigenvalue weighted by Crippen LogP contribution is -2.10. The van der Waals surface area contributed by atoms with Gasteiger partial charge in [0.2, 0.25) is 0 Å². The van der Waals surface area contributed by atoms with Gasteiger partial charge in [-0.25, -0.2) is 0 Å². The number of carbonyl (C=O) groups is 1. The summed E-state index contributed by atoms with van der Waals surface area (Å²) >= 11 is 0. The molecule has 0 saturated heterocycles. The molecular weight excluding hydrogens is 232 g/mol. The van der Waals surface area contributed by atoms with E-state index in [9.17, 15) is 4.79 Å². The smallest absolute Gasteiger partial charge is 0.165 e. The maximum Gasteiger partial charge on any atom is 0.165 e. The lowest BCUT2D eigenvalue weighted by atomic mass is 9.92. The minimum absolute atomic E-state index is 0.0961. The van der Waals surface area contributed by atoms with Crippen LogP contribution in [0.1, 0.15) is 30.9 Å². The van der Waals surface area contributed by atoms with Crippen molar-refractivity contribution in [3.8, 4) is 0 Å². The molecule has 1 heteroatoms. The van der Waals surface area contributed by atoms with Gasteiger partial charge in [-0.15, -0.1) is 0 Å². The zero-order valence-corrected chi connectivity index (χ0v) is 11.3. The highest BCUT2D eigenvalue weighted by Crippen LogP contribution is 2.20. The van der Waals surface area contributed by atoms with E-state index >= 15 is 0 Å². The van der Waals surface area contributed by atoms with Crippen molar-refractivity contribution in [2.45, 2.75) is 19.8 Å². The fourth-order valence-electron chi connectivity index (χ4n) is 2.10. The van der Waals surface area contributed by atoms with Gasteiger partial charge in [-0.3, -0.25) is 4.79 Å². The standard InChI is InChI=1S/C18H18O/c1-14(13-16-9-5-3-6-10-16)18(19)15(2)17-11-7-4-8-12-17/h3-13,15H,1-2H3. The molecule has 1 unspecified atom stereocenters. The lowest BCUT2D eigenvalue weighted by molar-refractivity contribution is -0.116. The Morgan fingerprint density at radius 3 is 2.05 bits per heavy atom. The van der Waals surface area contributed by atoms with E-state index in [1.165, 1.54) is 0 Å². The monoisotopic (exact) mass is 250 g/mol. The van der Waals surface area contributed by atoms with Gasteiger partial charge >= 0.3 is 0 Å². The number of hydrogen-bond donors (Lipinski definition) is 0. The zero-order valence-electron chi connectivity index (χ0n) is 11.3. The first-order valence-electron chi connectivity index (χ1n) is 6.51. The molecule has 0 aliphatic heterocycles. The molecule has 2 aromatic rings. The minimum atomic E-state index is -0.0961. The SMILES string of the molecule is CC(=Cc1ccccc1)C(=O)C(C)c1ccccc1. The average Bonchev–Trinajstić information content (AvgIpc) is 2.47. The van der Waals surface area contributed by atoms with Crippen LogP contribution in [0, 0.1) is 0 Å². The molecule has 0 N–H and O–H groups in total. The fourth-order valence-corrected chi connectivity index (χ4v) is 2.10. The predicted octanol–water partition coefficient (Wildman–Crippen LogP) is 4.46. The molecule has 0 aliphatic rings. The second kappa shape index (κ2) is 6.14. The molecule has 0 heterocycles. The Labute approximate surface area is 114 Å². The summed E-state index contributed by atoms with van der Waals surface area (Å²) in [5, 5.41) is 0. The molecule has 0 bridgehead atoms. The van der Waals surface area contributed by atoms with Crippen molar-refractivity contribution in [2.24, 2.45) is 0 Å². The largest absolute Gasteiger partial charge is 0.294 e. The molecular formula is C18H18O. The van der Waals surface area contributed by atoms with E-state index < -0.39 is 0 Å². The van der Waals surface area contributed by atoms with E-state index in [4.69, 9.17) is 0 Å². The second-order valence-electron chi connectivity index (χ2n) is 4.73. The number of benzene rings is 2. The predicted molar refractivity (Wildman–Crippen MR) is 80.0 cm³/mol. The molecule has 0 aliphatic carbocycles. The Morgan fingerprint density at radius 2 is 1.47 bits per heavy atom. The van der Waals surface area contributed by atoms with E-state index in [1.54, 1.807) is 0 Å². The maximum absolute atomic E-state index is 12.4. The summed E-state index contributed by atoms with van der Waals surface area (Å²) < 4.78 is 0. The van der Waals surface area contributed by atoms with Crippen molar-refractivity contribution >= 4 is 11.9 Å². The summed E-state index contributed by atoms with van der Waals surface area (Å²) in [4.78, 5) is 12.4. The highest BCUT2D eigenvalue weighted by atomic mass is 16.1. The summed E-state index contributed by atoms with van der Waals surface area (Å²) in [7, 11) is 0. The maximum atomic E-state index is 12.4. The van der Waals surface area contributed by atoms with Crippen LogP contribution in [0.4, 0.5) is 0 Å². The van der Waals surface area contributed by atoms with Crippen LogP contribution in [0.5, 0.6) is 0 Å². The molecule has 1 atom stereocenters. The molecule has 19 heavy (non-hydrogen) atoms. The summed E-state index contributed by atoms with van der Waals surface area (Å²) in [5.74, 6) is 0.0798. The zero-order chi connectivity index (χ0) is 13.7.